The van der Waals surface area contributed by atoms with E-state index in [1.165, 1.54) is 0 Å². The molecule has 0 saturated heterocycles. The first kappa shape index (κ1) is 22.9. The Balaban J connectivity index is 1.81. The van der Waals surface area contributed by atoms with Crippen molar-refractivity contribution in [2.75, 3.05) is 0 Å². The summed E-state index contributed by atoms with van der Waals surface area (Å²) in [5.41, 5.74) is 9.13. The van der Waals surface area contributed by atoms with Crippen LogP contribution in [0, 0.1) is 0 Å². The van der Waals surface area contributed by atoms with Gasteiger partial charge in [-0.15, -0.1) is 0 Å². The summed E-state index contributed by atoms with van der Waals surface area (Å²) in [6, 6.07) is 30.5. The topological polar surface area (TPSA) is 60.7 Å². The standard InChI is InChI=1S/C30H30O3/c1-19(31)22-4-10-25(11-5-22)28-16-29(26-12-6-23(7-13-26)20(2)32)18-30(17-28)27-14-8-24(9-15-27)21(3)33/h4-21,31-33H,1-3H3. The van der Waals surface area contributed by atoms with Crippen molar-refractivity contribution in [1.29, 1.82) is 0 Å². The van der Waals surface area contributed by atoms with E-state index in [9.17, 15) is 15.3 Å². The van der Waals surface area contributed by atoms with Gasteiger partial charge in [0.2, 0.25) is 0 Å². The maximum Gasteiger partial charge on any atom is 0.0761 e. The van der Waals surface area contributed by atoms with E-state index in [0.29, 0.717) is 0 Å². The molecular weight excluding hydrogens is 408 g/mol. The number of benzene rings is 4. The minimum Gasteiger partial charge on any atom is -0.389 e. The molecule has 4 aromatic carbocycles. The highest BCUT2D eigenvalue weighted by atomic mass is 16.3. The van der Waals surface area contributed by atoms with Gasteiger partial charge in [-0.2, -0.15) is 0 Å². The van der Waals surface area contributed by atoms with Crippen molar-refractivity contribution in [2.45, 2.75) is 39.1 Å². The summed E-state index contributed by atoms with van der Waals surface area (Å²) in [4.78, 5) is 0. The quantitative estimate of drug-likeness (QED) is 0.309. The zero-order valence-electron chi connectivity index (χ0n) is 19.2. The summed E-state index contributed by atoms with van der Waals surface area (Å²) in [5, 5.41) is 29.6. The van der Waals surface area contributed by atoms with Crippen molar-refractivity contribution >= 4 is 0 Å². The first-order chi connectivity index (χ1) is 15.8. The number of hydrogen-bond donors (Lipinski definition) is 3. The highest BCUT2D eigenvalue weighted by Crippen LogP contribution is 2.34. The summed E-state index contributed by atoms with van der Waals surface area (Å²) >= 11 is 0. The Hall–Kier alpha value is -3.24. The summed E-state index contributed by atoms with van der Waals surface area (Å²) in [6.07, 6.45) is -1.50. The molecule has 0 aliphatic rings. The van der Waals surface area contributed by atoms with Crippen LogP contribution in [0.1, 0.15) is 55.8 Å². The van der Waals surface area contributed by atoms with Crippen LogP contribution in [-0.4, -0.2) is 15.3 Å². The van der Waals surface area contributed by atoms with E-state index in [1.54, 1.807) is 20.8 Å². The zero-order valence-corrected chi connectivity index (χ0v) is 19.2. The summed E-state index contributed by atoms with van der Waals surface area (Å²) in [7, 11) is 0. The molecule has 3 atom stereocenters. The van der Waals surface area contributed by atoms with Crippen molar-refractivity contribution < 1.29 is 15.3 Å². The molecule has 3 heteroatoms. The molecule has 0 fully saturated rings. The largest absolute Gasteiger partial charge is 0.389 e. The Kier molecular flexibility index (Phi) is 6.75. The molecule has 0 aliphatic heterocycles. The number of hydrogen-bond acceptors (Lipinski definition) is 3. The first-order valence-corrected chi connectivity index (χ1v) is 11.3. The van der Waals surface area contributed by atoms with Crippen LogP contribution in [0.2, 0.25) is 0 Å². The third kappa shape index (κ3) is 5.23. The normalized spacial score (nSPS) is 14.0. The summed E-state index contributed by atoms with van der Waals surface area (Å²) < 4.78 is 0. The Morgan fingerprint density at radius 1 is 0.364 bits per heavy atom. The second-order valence-electron chi connectivity index (χ2n) is 8.69. The molecule has 3 nitrogen and oxygen atoms in total. The van der Waals surface area contributed by atoms with Gasteiger partial charge in [-0.1, -0.05) is 72.8 Å². The van der Waals surface area contributed by atoms with E-state index in [4.69, 9.17) is 0 Å². The predicted molar refractivity (Wildman–Crippen MR) is 135 cm³/mol. The third-order valence-corrected chi connectivity index (χ3v) is 6.11. The zero-order chi connectivity index (χ0) is 23.5. The maximum absolute atomic E-state index is 9.86. The van der Waals surface area contributed by atoms with Gasteiger partial charge in [-0.05, 0) is 89.0 Å². The molecule has 0 spiro atoms. The molecule has 0 heterocycles. The fourth-order valence-electron chi connectivity index (χ4n) is 3.99. The van der Waals surface area contributed by atoms with Crippen LogP contribution >= 0.6 is 0 Å². The fourth-order valence-corrected chi connectivity index (χ4v) is 3.99. The molecule has 168 valence electrons. The molecule has 3 N–H and O–H groups in total. The summed E-state index contributed by atoms with van der Waals surface area (Å²) in [6.45, 7) is 5.30. The van der Waals surface area contributed by atoms with Crippen molar-refractivity contribution in [3.05, 3.63) is 108 Å². The molecule has 0 radical (unpaired) electrons. The molecule has 3 unspecified atom stereocenters. The van der Waals surface area contributed by atoms with Crippen LogP contribution in [-0.2, 0) is 0 Å². The van der Waals surface area contributed by atoms with Crippen LogP contribution in [0.4, 0.5) is 0 Å². The van der Waals surface area contributed by atoms with Crippen LogP contribution in [0.15, 0.2) is 91.0 Å². The van der Waals surface area contributed by atoms with E-state index < -0.39 is 18.3 Å². The van der Waals surface area contributed by atoms with Gasteiger partial charge in [0, 0.05) is 0 Å². The monoisotopic (exact) mass is 438 g/mol. The Labute approximate surface area is 195 Å². The van der Waals surface area contributed by atoms with Gasteiger partial charge in [0.25, 0.3) is 0 Å². The second-order valence-corrected chi connectivity index (χ2v) is 8.69. The van der Waals surface area contributed by atoms with Gasteiger partial charge in [0.1, 0.15) is 0 Å². The van der Waals surface area contributed by atoms with Gasteiger partial charge >= 0.3 is 0 Å². The number of rotatable bonds is 6. The Bertz CT molecular complexity index is 1030. The average molecular weight is 439 g/mol. The highest BCUT2D eigenvalue weighted by Gasteiger charge is 2.10. The van der Waals surface area contributed by atoms with Crippen LogP contribution in [0.5, 0.6) is 0 Å². The van der Waals surface area contributed by atoms with Crippen LogP contribution in [0.3, 0.4) is 0 Å². The van der Waals surface area contributed by atoms with Crippen molar-refractivity contribution in [3.8, 4) is 33.4 Å². The van der Waals surface area contributed by atoms with E-state index >= 15 is 0 Å². The Morgan fingerprint density at radius 2 is 0.576 bits per heavy atom. The van der Waals surface area contributed by atoms with Crippen molar-refractivity contribution in [3.63, 3.8) is 0 Å². The van der Waals surface area contributed by atoms with Crippen LogP contribution < -0.4 is 0 Å². The van der Waals surface area contributed by atoms with Gasteiger partial charge in [-0.3, -0.25) is 0 Å². The highest BCUT2D eigenvalue weighted by molar-refractivity contribution is 5.81. The van der Waals surface area contributed by atoms with Crippen molar-refractivity contribution in [1.82, 2.24) is 0 Å². The fraction of sp³-hybridized carbons (Fsp3) is 0.200. The summed E-state index contributed by atoms with van der Waals surface area (Å²) in [5.74, 6) is 0. The molecule has 0 aromatic heterocycles. The number of aliphatic hydroxyl groups is 3. The second kappa shape index (κ2) is 9.72. The molecule has 33 heavy (non-hydrogen) atoms. The van der Waals surface area contributed by atoms with E-state index in [-0.39, 0.29) is 0 Å². The maximum atomic E-state index is 9.86. The lowest BCUT2D eigenvalue weighted by Gasteiger charge is -2.14. The van der Waals surface area contributed by atoms with Gasteiger partial charge in [0.15, 0.2) is 0 Å². The smallest absolute Gasteiger partial charge is 0.0761 e. The molecule has 0 amide bonds. The lowest BCUT2D eigenvalue weighted by Crippen LogP contribution is -1.92. The van der Waals surface area contributed by atoms with Gasteiger partial charge in [0.05, 0.1) is 18.3 Å². The van der Waals surface area contributed by atoms with E-state index in [0.717, 1.165) is 50.1 Å². The lowest BCUT2D eigenvalue weighted by atomic mass is 9.92. The molecule has 4 aromatic rings. The molecule has 4 rings (SSSR count). The number of aliphatic hydroxyl groups excluding tert-OH is 3. The van der Waals surface area contributed by atoms with Crippen LogP contribution in [0.25, 0.3) is 33.4 Å². The van der Waals surface area contributed by atoms with Crippen molar-refractivity contribution in [2.24, 2.45) is 0 Å². The third-order valence-electron chi connectivity index (χ3n) is 6.11. The first-order valence-electron chi connectivity index (χ1n) is 11.3. The predicted octanol–water partition coefficient (Wildman–Crippen LogP) is 6.85. The van der Waals surface area contributed by atoms with E-state index in [1.807, 2.05) is 72.8 Å². The Morgan fingerprint density at radius 3 is 0.758 bits per heavy atom. The molecule has 0 bridgehead atoms. The lowest BCUT2D eigenvalue weighted by molar-refractivity contribution is 0.199. The molecule has 0 aliphatic carbocycles. The minimum atomic E-state index is -0.499. The molecule has 0 saturated carbocycles. The van der Waals surface area contributed by atoms with Gasteiger partial charge < -0.3 is 15.3 Å². The average Bonchev–Trinajstić information content (AvgIpc) is 2.84. The van der Waals surface area contributed by atoms with Gasteiger partial charge in [-0.25, -0.2) is 0 Å². The minimum absolute atomic E-state index is 0.499. The molecular formula is C30H30O3. The SMILES string of the molecule is CC(O)c1ccc(-c2cc(-c3ccc(C(C)O)cc3)cc(-c3ccc(C(C)O)cc3)c2)cc1. The van der Waals surface area contributed by atoms with E-state index in [2.05, 4.69) is 18.2 Å².